The zero-order valence-electron chi connectivity index (χ0n) is 10.4. The average molecular weight is 270 g/mol. The predicted molar refractivity (Wildman–Crippen MR) is 73.8 cm³/mol. The Bertz CT molecular complexity index is 746. The highest BCUT2D eigenvalue weighted by atomic mass is 19.1. The molecule has 0 unspecified atom stereocenters. The van der Waals surface area contributed by atoms with E-state index in [2.05, 4.69) is 15.4 Å². The minimum Gasteiger partial charge on any atom is -0.436 e. The zero-order valence-corrected chi connectivity index (χ0v) is 10.4. The minimum absolute atomic E-state index is 0.234. The molecule has 1 aromatic heterocycles. The van der Waals surface area contributed by atoms with Gasteiger partial charge in [-0.15, -0.1) is 0 Å². The highest BCUT2D eigenvalue weighted by molar-refractivity contribution is 5.77. The molecule has 5 nitrogen and oxygen atoms in total. The Labute approximate surface area is 114 Å². The molecule has 0 amide bonds. The number of ether oxygens (including phenoxy) is 1. The van der Waals surface area contributed by atoms with Crippen molar-refractivity contribution in [3.63, 3.8) is 0 Å². The summed E-state index contributed by atoms with van der Waals surface area (Å²) in [5, 5.41) is 0. The van der Waals surface area contributed by atoms with Gasteiger partial charge in [0.15, 0.2) is 0 Å². The van der Waals surface area contributed by atoms with E-state index in [0.717, 1.165) is 0 Å². The van der Waals surface area contributed by atoms with Crippen molar-refractivity contribution in [2.75, 3.05) is 5.43 Å². The number of hydrogen-bond acceptors (Lipinski definition) is 5. The van der Waals surface area contributed by atoms with Crippen LogP contribution in [0.15, 0.2) is 48.5 Å². The van der Waals surface area contributed by atoms with E-state index in [4.69, 9.17) is 10.6 Å². The van der Waals surface area contributed by atoms with Crippen LogP contribution in [0.2, 0.25) is 0 Å². The molecule has 3 rings (SSSR count). The first-order valence-corrected chi connectivity index (χ1v) is 5.93. The van der Waals surface area contributed by atoms with E-state index < -0.39 is 0 Å². The molecule has 0 radical (unpaired) electrons. The number of para-hydroxylation sites is 2. The van der Waals surface area contributed by atoms with Gasteiger partial charge in [0.1, 0.15) is 11.6 Å². The first-order valence-electron chi connectivity index (χ1n) is 5.93. The van der Waals surface area contributed by atoms with Crippen molar-refractivity contribution in [2.24, 2.45) is 5.84 Å². The summed E-state index contributed by atoms with van der Waals surface area (Å²) in [4.78, 5) is 8.65. The Kier molecular flexibility index (Phi) is 3.14. The van der Waals surface area contributed by atoms with E-state index in [1.54, 1.807) is 0 Å². The molecule has 2 aromatic carbocycles. The van der Waals surface area contributed by atoms with E-state index >= 15 is 0 Å². The van der Waals surface area contributed by atoms with Crippen molar-refractivity contribution in [3.05, 3.63) is 54.3 Å². The number of hydrazine groups is 1. The monoisotopic (exact) mass is 270 g/mol. The average Bonchev–Trinajstić information content (AvgIpc) is 2.49. The number of nitrogens with zero attached hydrogens (tertiary/aromatic N) is 2. The molecule has 0 aliphatic rings. The number of nitrogens with two attached hydrogens (primary N) is 1. The van der Waals surface area contributed by atoms with E-state index in [-0.39, 0.29) is 11.7 Å². The Hall–Kier alpha value is -2.73. The molecule has 0 aliphatic carbocycles. The lowest BCUT2D eigenvalue weighted by Crippen LogP contribution is -2.10. The number of fused-ring (bicyclic) bond motifs is 1. The van der Waals surface area contributed by atoms with Crippen LogP contribution in [0.25, 0.3) is 11.0 Å². The summed E-state index contributed by atoms with van der Waals surface area (Å²) < 4.78 is 18.4. The molecule has 3 aromatic rings. The van der Waals surface area contributed by atoms with Crippen LogP contribution >= 0.6 is 0 Å². The first-order chi connectivity index (χ1) is 9.76. The molecule has 1 heterocycles. The number of anilines is 1. The lowest BCUT2D eigenvalue weighted by atomic mass is 10.3. The predicted octanol–water partition coefficient (Wildman–Crippen LogP) is 2.85. The van der Waals surface area contributed by atoms with Crippen molar-refractivity contribution >= 4 is 16.9 Å². The molecule has 0 spiro atoms. The van der Waals surface area contributed by atoms with E-state index in [1.807, 2.05) is 24.3 Å². The molecular weight excluding hydrogens is 259 g/mol. The zero-order chi connectivity index (χ0) is 13.9. The standard InChI is InChI=1S/C14H11FN4O/c15-9-5-7-10(8-6-9)20-14-13(19-16)17-11-3-1-2-4-12(11)18-14/h1-8H,16H2,(H,17,19). The fourth-order valence-electron chi connectivity index (χ4n) is 1.76. The topological polar surface area (TPSA) is 73.1 Å². The van der Waals surface area contributed by atoms with Gasteiger partial charge in [-0.2, -0.15) is 0 Å². The SMILES string of the molecule is NNc1nc2ccccc2nc1Oc1ccc(F)cc1. The lowest BCUT2D eigenvalue weighted by Gasteiger charge is -2.10. The van der Waals surface area contributed by atoms with Crippen molar-refractivity contribution in [1.82, 2.24) is 9.97 Å². The molecular formula is C14H11FN4O. The number of hydrogen-bond donors (Lipinski definition) is 2. The second kappa shape index (κ2) is 5.10. The van der Waals surface area contributed by atoms with Gasteiger partial charge in [-0.25, -0.2) is 20.2 Å². The molecule has 0 bridgehead atoms. The van der Waals surface area contributed by atoms with E-state index in [0.29, 0.717) is 22.6 Å². The van der Waals surface area contributed by atoms with E-state index in [1.165, 1.54) is 24.3 Å². The van der Waals surface area contributed by atoms with Gasteiger partial charge < -0.3 is 10.2 Å². The number of nitrogens with one attached hydrogen (secondary N) is 1. The van der Waals surface area contributed by atoms with Crippen LogP contribution in [0, 0.1) is 5.82 Å². The fourth-order valence-corrected chi connectivity index (χ4v) is 1.76. The molecule has 6 heteroatoms. The van der Waals surface area contributed by atoms with Gasteiger partial charge in [0, 0.05) is 0 Å². The number of aromatic nitrogens is 2. The van der Waals surface area contributed by atoms with Gasteiger partial charge >= 0.3 is 0 Å². The maximum Gasteiger partial charge on any atom is 0.264 e. The van der Waals surface area contributed by atoms with Gasteiger partial charge in [-0.1, -0.05) is 12.1 Å². The highest BCUT2D eigenvalue weighted by Crippen LogP contribution is 2.27. The first kappa shape index (κ1) is 12.3. The number of halogens is 1. The number of nitrogen functional groups attached to an aromatic ring is 1. The molecule has 100 valence electrons. The van der Waals surface area contributed by atoms with Gasteiger partial charge in [0.2, 0.25) is 5.82 Å². The quantitative estimate of drug-likeness (QED) is 0.565. The number of rotatable bonds is 3. The second-order valence-corrected chi connectivity index (χ2v) is 4.07. The van der Waals surface area contributed by atoms with Crippen LogP contribution in [0.4, 0.5) is 10.2 Å². The van der Waals surface area contributed by atoms with Crippen LogP contribution in [0.1, 0.15) is 0 Å². The van der Waals surface area contributed by atoms with Crippen molar-refractivity contribution in [3.8, 4) is 11.6 Å². The van der Waals surface area contributed by atoms with Crippen molar-refractivity contribution in [2.45, 2.75) is 0 Å². The van der Waals surface area contributed by atoms with Crippen molar-refractivity contribution < 1.29 is 9.13 Å². The molecule has 0 saturated heterocycles. The summed E-state index contributed by atoms with van der Waals surface area (Å²) in [5.41, 5.74) is 3.83. The smallest absolute Gasteiger partial charge is 0.264 e. The third kappa shape index (κ3) is 2.36. The third-order valence-electron chi connectivity index (χ3n) is 2.70. The summed E-state index contributed by atoms with van der Waals surface area (Å²) >= 11 is 0. The van der Waals surface area contributed by atoms with Crippen LogP contribution in [-0.4, -0.2) is 9.97 Å². The summed E-state index contributed by atoms with van der Waals surface area (Å²) in [6.45, 7) is 0. The maximum absolute atomic E-state index is 12.9. The Morgan fingerprint density at radius 3 is 2.25 bits per heavy atom. The molecule has 0 fully saturated rings. The number of benzene rings is 2. The molecule has 0 aliphatic heterocycles. The summed E-state index contributed by atoms with van der Waals surface area (Å²) in [5.74, 6) is 6.09. The van der Waals surface area contributed by atoms with Gasteiger partial charge in [0.05, 0.1) is 11.0 Å². The van der Waals surface area contributed by atoms with Gasteiger partial charge in [0.25, 0.3) is 5.88 Å². The third-order valence-corrected chi connectivity index (χ3v) is 2.70. The fraction of sp³-hybridized carbons (Fsp3) is 0. The molecule has 3 N–H and O–H groups in total. The molecule has 0 saturated carbocycles. The summed E-state index contributed by atoms with van der Waals surface area (Å²) in [6, 6.07) is 13.0. The Morgan fingerprint density at radius 1 is 0.950 bits per heavy atom. The van der Waals surface area contributed by atoms with Gasteiger partial charge in [-0.05, 0) is 36.4 Å². The van der Waals surface area contributed by atoms with E-state index in [9.17, 15) is 4.39 Å². The Morgan fingerprint density at radius 2 is 1.60 bits per heavy atom. The largest absolute Gasteiger partial charge is 0.436 e. The van der Waals surface area contributed by atoms with Crippen LogP contribution in [0.5, 0.6) is 11.6 Å². The normalized spacial score (nSPS) is 10.5. The summed E-state index contributed by atoms with van der Waals surface area (Å²) in [6.07, 6.45) is 0. The maximum atomic E-state index is 12.9. The van der Waals surface area contributed by atoms with Crippen LogP contribution in [-0.2, 0) is 0 Å². The highest BCUT2D eigenvalue weighted by Gasteiger charge is 2.10. The summed E-state index contributed by atoms with van der Waals surface area (Å²) in [7, 11) is 0. The van der Waals surface area contributed by atoms with Crippen LogP contribution < -0.4 is 16.0 Å². The Balaban J connectivity index is 2.03. The van der Waals surface area contributed by atoms with Gasteiger partial charge in [-0.3, -0.25) is 0 Å². The van der Waals surface area contributed by atoms with Crippen molar-refractivity contribution in [1.29, 1.82) is 0 Å². The molecule has 0 atom stereocenters. The minimum atomic E-state index is -0.334. The second-order valence-electron chi connectivity index (χ2n) is 4.07. The lowest BCUT2D eigenvalue weighted by molar-refractivity contribution is 0.463. The molecule has 20 heavy (non-hydrogen) atoms. The van der Waals surface area contributed by atoms with Crippen LogP contribution in [0.3, 0.4) is 0 Å².